The Morgan fingerprint density at radius 3 is 2.16 bits per heavy atom. The van der Waals surface area contributed by atoms with E-state index in [1.165, 1.54) is 33.0 Å². The fraction of sp³-hybridized carbons (Fsp3) is 0.263. The predicted octanol–water partition coefficient (Wildman–Crippen LogP) is 5.61. The number of allylic oxidation sites excluding steroid dienone is 3. The fourth-order valence-electron chi connectivity index (χ4n) is 2.78. The van der Waals surface area contributed by atoms with Crippen LogP contribution in [0.4, 0.5) is 0 Å². The number of hydrogen-bond acceptors (Lipinski definition) is 0. The van der Waals surface area contributed by atoms with E-state index in [1.807, 2.05) is 13.8 Å². The first-order valence-electron chi connectivity index (χ1n) is 7.13. The van der Waals surface area contributed by atoms with Gasteiger partial charge in [-0.05, 0) is 53.3 Å². The van der Waals surface area contributed by atoms with E-state index in [1.54, 1.807) is 0 Å². The number of benzene rings is 2. The van der Waals surface area contributed by atoms with Gasteiger partial charge in [-0.2, -0.15) is 0 Å². The lowest BCUT2D eigenvalue weighted by atomic mass is 9.89. The Balaban J connectivity index is 0.000000637. The van der Waals surface area contributed by atoms with E-state index in [-0.39, 0.29) is 0 Å². The summed E-state index contributed by atoms with van der Waals surface area (Å²) in [5.74, 6) is 0. The third-order valence-corrected chi connectivity index (χ3v) is 3.75. The fourth-order valence-corrected chi connectivity index (χ4v) is 2.78. The summed E-state index contributed by atoms with van der Waals surface area (Å²) in [4.78, 5) is 0. The Labute approximate surface area is 116 Å². The van der Waals surface area contributed by atoms with Crippen molar-refractivity contribution < 1.29 is 0 Å². The molecule has 0 saturated carbocycles. The van der Waals surface area contributed by atoms with Crippen LogP contribution in [0, 0.1) is 13.8 Å². The first kappa shape index (κ1) is 13.6. The molecule has 0 aliphatic heterocycles. The number of hydrogen-bond donors (Lipinski definition) is 0. The zero-order valence-electron chi connectivity index (χ0n) is 12.3. The third-order valence-electron chi connectivity index (χ3n) is 3.75. The minimum Gasteiger partial charge on any atom is -0.0801 e. The molecule has 2 aromatic rings. The summed E-state index contributed by atoms with van der Waals surface area (Å²) in [5.41, 5.74) is 5.72. The summed E-state index contributed by atoms with van der Waals surface area (Å²) >= 11 is 0. The molecule has 3 rings (SSSR count). The van der Waals surface area contributed by atoms with Gasteiger partial charge in [-0.1, -0.05) is 62.4 Å². The second-order valence-electron chi connectivity index (χ2n) is 4.68. The first-order valence-corrected chi connectivity index (χ1v) is 7.13. The van der Waals surface area contributed by atoms with Crippen molar-refractivity contribution >= 4 is 16.8 Å². The van der Waals surface area contributed by atoms with Gasteiger partial charge in [0.25, 0.3) is 0 Å². The monoisotopic (exact) mass is 250 g/mol. The van der Waals surface area contributed by atoms with Crippen LogP contribution in [0.25, 0.3) is 16.8 Å². The normalized spacial score (nSPS) is 12.6. The highest BCUT2D eigenvalue weighted by Crippen LogP contribution is 2.32. The van der Waals surface area contributed by atoms with Crippen LogP contribution in [-0.2, 0) is 6.42 Å². The molecule has 0 fully saturated rings. The van der Waals surface area contributed by atoms with Crippen LogP contribution in [0.15, 0.2) is 42.5 Å². The lowest BCUT2D eigenvalue weighted by Gasteiger charge is -2.15. The number of fused-ring (bicyclic) bond motifs is 2. The van der Waals surface area contributed by atoms with Crippen molar-refractivity contribution in [1.82, 2.24) is 0 Å². The van der Waals surface area contributed by atoms with Crippen LogP contribution in [0.1, 0.15) is 36.1 Å². The summed E-state index contributed by atoms with van der Waals surface area (Å²) < 4.78 is 0. The molecule has 0 aromatic heterocycles. The number of aryl methyl sites for hydroxylation is 2. The summed E-state index contributed by atoms with van der Waals surface area (Å²) in [7, 11) is 0. The molecule has 0 amide bonds. The van der Waals surface area contributed by atoms with Crippen LogP contribution in [0.5, 0.6) is 0 Å². The SMILES string of the molecule is CC.Cc1c2c(c(C)c3ccccc13)CC=CC=C2. The van der Waals surface area contributed by atoms with Gasteiger partial charge in [-0.25, -0.2) is 0 Å². The minimum absolute atomic E-state index is 1.04. The molecule has 0 heterocycles. The molecule has 0 N–H and O–H groups in total. The second kappa shape index (κ2) is 5.88. The zero-order chi connectivity index (χ0) is 13.8. The molecule has 98 valence electrons. The van der Waals surface area contributed by atoms with Gasteiger partial charge in [0.2, 0.25) is 0 Å². The lowest BCUT2D eigenvalue weighted by molar-refractivity contribution is 1.21. The molecule has 0 atom stereocenters. The minimum atomic E-state index is 1.04. The maximum absolute atomic E-state index is 2.24. The van der Waals surface area contributed by atoms with E-state index < -0.39 is 0 Å². The van der Waals surface area contributed by atoms with Gasteiger partial charge in [0.15, 0.2) is 0 Å². The Bertz CT molecular complexity index is 643. The average molecular weight is 250 g/mol. The largest absolute Gasteiger partial charge is 0.0801 e. The summed E-state index contributed by atoms with van der Waals surface area (Å²) in [6, 6.07) is 8.71. The molecule has 0 bridgehead atoms. The van der Waals surface area contributed by atoms with Crippen molar-refractivity contribution in [3.63, 3.8) is 0 Å². The van der Waals surface area contributed by atoms with Gasteiger partial charge in [0.05, 0.1) is 0 Å². The van der Waals surface area contributed by atoms with Crippen molar-refractivity contribution in [2.75, 3.05) is 0 Å². The molecule has 0 spiro atoms. The molecular weight excluding hydrogens is 228 g/mol. The second-order valence-corrected chi connectivity index (χ2v) is 4.68. The van der Waals surface area contributed by atoms with Crippen LogP contribution >= 0.6 is 0 Å². The van der Waals surface area contributed by atoms with Crippen molar-refractivity contribution in [1.29, 1.82) is 0 Å². The Morgan fingerprint density at radius 1 is 0.842 bits per heavy atom. The summed E-state index contributed by atoms with van der Waals surface area (Å²) in [5, 5.41) is 2.78. The van der Waals surface area contributed by atoms with Crippen LogP contribution in [0.3, 0.4) is 0 Å². The topological polar surface area (TPSA) is 0 Å². The van der Waals surface area contributed by atoms with Gasteiger partial charge in [0, 0.05) is 0 Å². The van der Waals surface area contributed by atoms with E-state index in [9.17, 15) is 0 Å². The smallest absolute Gasteiger partial charge is 0.00854 e. The molecule has 0 radical (unpaired) electrons. The van der Waals surface area contributed by atoms with E-state index in [0.717, 1.165) is 6.42 Å². The van der Waals surface area contributed by atoms with Gasteiger partial charge in [-0.3, -0.25) is 0 Å². The molecule has 2 aromatic carbocycles. The van der Waals surface area contributed by atoms with Crippen molar-refractivity contribution in [2.45, 2.75) is 34.1 Å². The molecular formula is C19H22. The molecule has 1 aliphatic rings. The molecule has 0 saturated heterocycles. The first-order chi connectivity index (χ1) is 9.29. The van der Waals surface area contributed by atoms with Crippen LogP contribution < -0.4 is 0 Å². The number of rotatable bonds is 0. The van der Waals surface area contributed by atoms with Crippen LogP contribution in [-0.4, -0.2) is 0 Å². The summed E-state index contributed by atoms with van der Waals surface area (Å²) in [6.45, 7) is 8.48. The van der Waals surface area contributed by atoms with E-state index in [0.29, 0.717) is 0 Å². The van der Waals surface area contributed by atoms with Gasteiger partial charge in [0.1, 0.15) is 0 Å². The van der Waals surface area contributed by atoms with Crippen LogP contribution in [0.2, 0.25) is 0 Å². The third kappa shape index (κ3) is 2.35. The Kier molecular flexibility index (Phi) is 4.21. The molecule has 1 aliphatic carbocycles. The maximum atomic E-state index is 2.24. The molecule has 19 heavy (non-hydrogen) atoms. The zero-order valence-corrected chi connectivity index (χ0v) is 12.3. The summed E-state index contributed by atoms with van der Waals surface area (Å²) in [6.07, 6.45) is 9.81. The maximum Gasteiger partial charge on any atom is -0.00854 e. The molecule has 0 unspecified atom stereocenters. The standard InChI is InChI=1S/C17H16.C2H6/c1-12-14-8-4-3-5-9-15(14)13(2)17-11-7-6-10-16(12)17;1-2/h3-8,10-11H,9H2,1-2H3;1-2H3. The lowest BCUT2D eigenvalue weighted by Crippen LogP contribution is -1.97. The average Bonchev–Trinajstić information content (AvgIpc) is 2.73. The van der Waals surface area contributed by atoms with Crippen molar-refractivity contribution in [2.24, 2.45) is 0 Å². The predicted molar refractivity (Wildman–Crippen MR) is 86.6 cm³/mol. The highest BCUT2D eigenvalue weighted by molar-refractivity contribution is 5.93. The van der Waals surface area contributed by atoms with Gasteiger partial charge in [-0.15, -0.1) is 0 Å². The molecule has 0 heteroatoms. The van der Waals surface area contributed by atoms with Crippen molar-refractivity contribution in [3.05, 3.63) is 64.7 Å². The van der Waals surface area contributed by atoms with Gasteiger partial charge < -0.3 is 0 Å². The van der Waals surface area contributed by atoms with E-state index in [4.69, 9.17) is 0 Å². The Hall–Kier alpha value is -1.82. The van der Waals surface area contributed by atoms with Gasteiger partial charge >= 0.3 is 0 Å². The quantitative estimate of drug-likeness (QED) is 0.570. The van der Waals surface area contributed by atoms with E-state index in [2.05, 4.69) is 62.4 Å². The van der Waals surface area contributed by atoms with E-state index >= 15 is 0 Å². The highest BCUT2D eigenvalue weighted by Gasteiger charge is 2.12. The van der Waals surface area contributed by atoms with Crippen molar-refractivity contribution in [3.8, 4) is 0 Å². The highest BCUT2D eigenvalue weighted by atomic mass is 14.2. The Morgan fingerprint density at radius 2 is 1.47 bits per heavy atom. The molecule has 0 nitrogen and oxygen atoms in total.